The van der Waals surface area contributed by atoms with Gasteiger partial charge in [0.25, 0.3) is 0 Å². The molecule has 2 atom stereocenters. The van der Waals surface area contributed by atoms with E-state index >= 15 is 0 Å². The molecule has 0 bridgehead atoms. The first-order chi connectivity index (χ1) is 9.40. The molecule has 1 aromatic carbocycles. The molecule has 0 aliphatic carbocycles. The molecule has 0 saturated carbocycles. The molecular formula is C17H28BrNO. The molecule has 20 heavy (non-hydrogen) atoms. The second kappa shape index (κ2) is 8.16. The van der Waals surface area contributed by atoms with Crippen LogP contribution in [-0.2, 0) is 11.2 Å². The number of nitrogens with one attached hydrogen (secondary N) is 1. The van der Waals surface area contributed by atoms with Gasteiger partial charge in [-0.3, -0.25) is 0 Å². The van der Waals surface area contributed by atoms with Crippen LogP contribution in [0.4, 0.5) is 0 Å². The Labute approximate surface area is 132 Å². The summed E-state index contributed by atoms with van der Waals surface area (Å²) in [5.41, 5.74) is 1.44. The Kier molecular flexibility index (Phi) is 7.21. The highest BCUT2D eigenvalue weighted by molar-refractivity contribution is 9.10. The summed E-state index contributed by atoms with van der Waals surface area (Å²) in [5, 5.41) is 3.66. The van der Waals surface area contributed by atoms with Gasteiger partial charge in [-0.15, -0.1) is 0 Å². The summed E-state index contributed by atoms with van der Waals surface area (Å²) >= 11 is 3.65. The highest BCUT2D eigenvalue weighted by Gasteiger charge is 2.32. The Morgan fingerprint density at radius 3 is 2.40 bits per heavy atom. The van der Waals surface area contributed by atoms with Gasteiger partial charge in [0.2, 0.25) is 0 Å². The van der Waals surface area contributed by atoms with Gasteiger partial charge in [0, 0.05) is 17.6 Å². The van der Waals surface area contributed by atoms with Crippen molar-refractivity contribution in [3.05, 3.63) is 34.3 Å². The fourth-order valence-electron chi connectivity index (χ4n) is 2.64. The van der Waals surface area contributed by atoms with E-state index in [2.05, 4.69) is 73.2 Å². The Morgan fingerprint density at radius 1 is 1.25 bits per heavy atom. The van der Waals surface area contributed by atoms with E-state index in [1.54, 1.807) is 0 Å². The summed E-state index contributed by atoms with van der Waals surface area (Å²) in [4.78, 5) is 0. The molecule has 0 spiro atoms. The maximum Gasteiger partial charge on any atom is 0.0775 e. The summed E-state index contributed by atoms with van der Waals surface area (Å²) in [7, 11) is 1.82. The van der Waals surface area contributed by atoms with E-state index in [0.29, 0.717) is 6.04 Å². The summed E-state index contributed by atoms with van der Waals surface area (Å²) in [5.74, 6) is 0. The van der Waals surface area contributed by atoms with Gasteiger partial charge in [0.15, 0.2) is 0 Å². The normalized spacial score (nSPS) is 15.1. The summed E-state index contributed by atoms with van der Waals surface area (Å²) in [6, 6.07) is 8.75. The van der Waals surface area contributed by atoms with E-state index in [1.807, 2.05) is 7.11 Å². The van der Waals surface area contributed by atoms with Crippen molar-refractivity contribution < 1.29 is 4.74 Å². The molecule has 1 rings (SSSR count). The molecule has 2 unspecified atom stereocenters. The minimum Gasteiger partial charge on any atom is -0.379 e. The topological polar surface area (TPSA) is 21.3 Å². The van der Waals surface area contributed by atoms with Crippen molar-refractivity contribution in [1.82, 2.24) is 5.32 Å². The third-order valence-corrected chi connectivity index (χ3v) is 4.30. The number of ether oxygens (including phenoxy) is 1. The average molecular weight is 342 g/mol. The highest BCUT2D eigenvalue weighted by Crippen LogP contribution is 2.27. The van der Waals surface area contributed by atoms with Crippen LogP contribution in [-0.4, -0.2) is 25.8 Å². The monoisotopic (exact) mass is 341 g/mol. The molecule has 1 N–H and O–H groups in total. The predicted molar refractivity (Wildman–Crippen MR) is 90.2 cm³/mol. The van der Waals surface area contributed by atoms with E-state index < -0.39 is 0 Å². The first kappa shape index (κ1) is 17.7. The summed E-state index contributed by atoms with van der Waals surface area (Å²) < 4.78 is 6.98. The van der Waals surface area contributed by atoms with Gasteiger partial charge in [-0.2, -0.15) is 0 Å². The number of halogens is 1. The molecule has 0 radical (unpaired) electrons. The van der Waals surface area contributed by atoms with Gasteiger partial charge in [-0.05, 0) is 36.4 Å². The standard InChI is InChI=1S/C17H28BrNO/c1-6-11-19-15(16(20-5)17(2,3)4)12-13-9-7-8-10-14(13)18/h7-10,15-16,19H,6,11-12H2,1-5H3. The summed E-state index contributed by atoms with van der Waals surface area (Å²) in [6.07, 6.45) is 2.28. The zero-order valence-electron chi connectivity index (χ0n) is 13.4. The van der Waals surface area contributed by atoms with Crippen molar-refractivity contribution in [2.75, 3.05) is 13.7 Å². The lowest BCUT2D eigenvalue weighted by atomic mass is 9.82. The van der Waals surface area contributed by atoms with Gasteiger partial charge in [0.1, 0.15) is 0 Å². The average Bonchev–Trinajstić information content (AvgIpc) is 2.37. The van der Waals surface area contributed by atoms with Gasteiger partial charge in [-0.1, -0.05) is 61.8 Å². The predicted octanol–water partition coefficient (Wildman–Crippen LogP) is 4.42. The van der Waals surface area contributed by atoms with Crippen molar-refractivity contribution in [3.63, 3.8) is 0 Å². The lowest BCUT2D eigenvalue weighted by Crippen LogP contribution is -2.49. The van der Waals surface area contributed by atoms with Crippen LogP contribution in [0.5, 0.6) is 0 Å². The molecule has 0 fully saturated rings. The molecule has 3 heteroatoms. The maximum atomic E-state index is 5.81. The van der Waals surface area contributed by atoms with Crippen LogP contribution in [0.2, 0.25) is 0 Å². The number of methoxy groups -OCH3 is 1. The molecule has 2 nitrogen and oxygen atoms in total. The second-order valence-corrected chi connectivity index (χ2v) is 7.23. The quantitative estimate of drug-likeness (QED) is 0.792. The molecule has 0 aliphatic rings. The fraction of sp³-hybridized carbons (Fsp3) is 0.647. The van der Waals surface area contributed by atoms with Crippen molar-refractivity contribution >= 4 is 15.9 Å². The second-order valence-electron chi connectivity index (χ2n) is 6.38. The number of rotatable bonds is 7. The van der Waals surface area contributed by atoms with Gasteiger partial charge in [-0.25, -0.2) is 0 Å². The van der Waals surface area contributed by atoms with Crippen molar-refractivity contribution in [1.29, 1.82) is 0 Å². The lowest BCUT2D eigenvalue weighted by molar-refractivity contribution is -0.0110. The van der Waals surface area contributed by atoms with Gasteiger partial charge < -0.3 is 10.1 Å². The van der Waals surface area contributed by atoms with E-state index in [0.717, 1.165) is 19.4 Å². The van der Waals surface area contributed by atoms with Gasteiger partial charge in [0.05, 0.1) is 6.10 Å². The number of hydrogen-bond acceptors (Lipinski definition) is 2. The first-order valence-corrected chi connectivity index (χ1v) is 8.19. The molecular weight excluding hydrogens is 314 g/mol. The Balaban J connectivity index is 2.91. The van der Waals surface area contributed by atoms with Crippen LogP contribution >= 0.6 is 15.9 Å². The molecule has 0 heterocycles. The SMILES string of the molecule is CCCNC(Cc1ccccc1Br)C(OC)C(C)(C)C. The van der Waals surface area contributed by atoms with E-state index in [4.69, 9.17) is 4.74 Å². The maximum absolute atomic E-state index is 5.81. The number of benzene rings is 1. The van der Waals surface area contributed by atoms with Crippen molar-refractivity contribution in [2.24, 2.45) is 5.41 Å². The molecule has 0 amide bonds. The van der Waals surface area contributed by atoms with Crippen LogP contribution in [0.1, 0.15) is 39.7 Å². The highest BCUT2D eigenvalue weighted by atomic mass is 79.9. The smallest absolute Gasteiger partial charge is 0.0775 e. The molecule has 0 aromatic heterocycles. The van der Waals surface area contributed by atoms with Gasteiger partial charge >= 0.3 is 0 Å². The molecule has 0 saturated heterocycles. The van der Waals surface area contributed by atoms with E-state index in [-0.39, 0.29) is 11.5 Å². The molecule has 1 aromatic rings. The van der Waals surface area contributed by atoms with Crippen LogP contribution in [0, 0.1) is 5.41 Å². The summed E-state index contributed by atoms with van der Waals surface area (Å²) in [6.45, 7) is 9.93. The molecule has 114 valence electrons. The Hall–Kier alpha value is -0.380. The first-order valence-electron chi connectivity index (χ1n) is 7.39. The van der Waals surface area contributed by atoms with Crippen molar-refractivity contribution in [2.45, 2.75) is 52.7 Å². The number of hydrogen-bond donors (Lipinski definition) is 1. The molecule has 0 aliphatic heterocycles. The van der Waals surface area contributed by atoms with Crippen LogP contribution in [0.25, 0.3) is 0 Å². The minimum absolute atomic E-state index is 0.113. The lowest BCUT2D eigenvalue weighted by Gasteiger charge is -2.37. The van der Waals surface area contributed by atoms with Crippen molar-refractivity contribution in [3.8, 4) is 0 Å². The fourth-order valence-corrected chi connectivity index (χ4v) is 3.08. The Morgan fingerprint density at radius 2 is 1.90 bits per heavy atom. The van der Waals surface area contributed by atoms with E-state index in [9.17, 15) is 0 Å². The Bertz CT molecular complexity index is 400. The third-order valence-electron chi connectivity index (χ3n) is 3.53. The zero-order valence-corrected chi connectivity index (χ0v) is 15.0. The zero-order chi connectivity index (χ0) is 15.2. The van der Waals surface area contributed by atoms with Crippen LogP contribution in [0.3, 0.4) is 0 Å². The largest absolute Gasteiger partial charge is 0.379 e. The minimum atomic E-state index is 0.113. The third kappa shape index (κ3) is 5.19. The van der Waals surface area contributed by atoms with E-state index in [1.165, 1.54) is 10.0 Å². The van der Waals surface area contributed by atoms with Crippen LogP contribution in [0.15, 0.2) is 28.7 Å². The van der Waals surface area contributed by atoms with Crippen LogP contribution < -0.4 is 5.32 Å².